The molecule has 2 aromatic heterocycles. The Bertz CT molecular complexity index is 1540. The molecule has 0 aliphatic heterocycles. The molecule has 5 rings (SSSR count). The van der Waals surface area contributed by atoms with E-state index < -0.39 is 0 Å². The minimum atomic E-state index is 0.464. The van der Waals surface area contributed by atoms with Crippen molar-refractivity contribution in [2.45, 2.75) is 27.7 Å². The predicted octanol–water partition coefficient (Wildman–Crippen LogP) is 7.43. The van der Waals surface area contributed by atoms with Gasteiger partial charge in [0.15, 0.2) is 0 Å². The summed E-state index contributed by atoms with van der Waals surface area (Å²) in [5.74, 6) is 0.891. The molecule has 32 heavy (non-hydrogen) atoms. The van der Waals surface area contributed by atoms with Gasteiger partial charge in [-0.2, -0.15) is 5.10 Å². The van der Waals surface area contributed by atoms with E-state index in [9.17, 15) is 0 Å². The van der Waals surface area contributed by atoms with Crippen LogP contribution in [0.15, 0.2) is 91.8 Å². The molecule has 0 aliphatic rings. The lowest BCUT2D eigenvalue weighted by atomic mass is 9.96. The van der Waals surface area contributed by atoms with E-state index in [1.807, 2.05) is 58.0 Å². The molecular formula is C28H24N2O2. The summed E-state index contributed by atoms with van der Waals surface area (Å²) in [6.45, 7) is 7.88. The van der Waals surface area contributed by atoms with E-state index >= 15 is 0 Å². The van der Waals surface area contributed by atoms with Gasteiger partial charge in [-0.1, -0.05) is 60.7 Å². The first-order valence-electron chi connectivity index (χ1n) is 10.7. The lowest BCUT2D eigenvalue weighted by Gasteiger charge is -2.09. The number of rotatable bonds is 3. The van der Waals surface area contributed by atoms with E-state index in [0.29, 0.717) is 5.55 Å². The van der Waals surface area contributed by atoms with Crippen LogP contribution in [0.4, 0.5) is 0 Å². The van der Waals surface area contributed by atoms with Gasteiger partial charge in [0.25, 0.3) is 0 Å². The molecular weight excluding hydrogens is 396 g/mol. The van der Waals surface area contributed by atoms with Crippen LogP contribution in [-0.4, -0.2) is 5.71 Å². The summed E-state index contributed by atoms with van der Waals surface area (Å²) in [4.78, 5) is 0. The molecule has 3 aromatic carbocycles. The highest BCUT2D eigenvalue weighted by atomic mass is 16.3. The van der Waals surface area contributed by atoms with Gasteiger partial charge in [-0.3, -0.25) is 0 Å². The Morgan fingerprint density at radius 2 is 1.34 bits per heavy atom. The van der Waals surface area contributed by atoms with Gasteiger partial charge < -0.3 is 8.83 Å². The van der Waals surface area contributed by atoms with Crippen molar-refractivity contribution in [3.63, 3.8) is 0 Å². The topological polar surface area (TPSA) is 51.0 Å². The smallest absolute Gasteiger partial charge is 0.239 e. The van der Waals surface area contributed by atoms with Crippen LogP contribution in [0.2, 0.25) is 0 Å². The summed E-state index contributed by atoms with van der Waals surface area (Å²) in [5, 5.41) is 10.6. The fourth-order valence-electron chi connectivity index (χ4n) is 4.18. The Labute approximate surface area is 186 Å². The molecule has 0 unspecified atom stereocenters. The second-order valence-corrected chi connectivity index (χ2v) is 8.17. The van der Waals surface area contributed by atoms with Crippen LogP contribution in [0, 0.1) is 13.8 Å². The van der Waals surface area contributed by atoms with Gasteiger partial charge >= 0.3 is 0 Å². The predicted molar refractivity (Wildman–Crippen MR) is 131 cm³/mol. The van der Waals surface area contributed by atoms with Crippen LogP contribution in [-0.2, 0) is 0 Å². The van der Waals surface area contributed by atoms with Gasteiger partial charge in [-0.05, 0) is 50.5 Å². The second kappa shape index (κ2) is 7.97. The molecule has 0 radical (unpaired) electrons. The number of nitrogens with zero attached hydrogens (tertiary/aromatic N) is 2. The van der Waals surface area contributed by atoms with Crippen molar-refractivity contribution in [3.8, 4) is 22.3 Å². The molecule has 5 aromatic rings. The highest BCUT2D eigenvalue weighted by molar-refractivity contribution is 6.08. The average molecular weight is 421 g/mol. The third-order valence-corrected chi connectivity index (χ3v) is 5.60. The summed E-state index contributed by atoms with van der Waals surface area (Å²) in [5.41, 5.74) is 8.28. The summed E-state index contributed by atoms with van der Waals surface area (Å²) < 4.78 is 12.5. The standard InChI is InChI=1S/C28H24N2O2/c1-17(2)29-30-25-16-22(20-11-7-5-8-12-20)23-15-24-26(21-13-9-6-10-14-21)19(4)31-28(24)18(3)27(23)32-25/h5-16H,1-4H3/b30-25-. The molecule has 0 bridgehead atoms. The van der Waals surface area contributed by atoms with E-state index in [2.05, 4.69) is 52.7 Å². The molecule has 0 N–H and O–H groups in total. The van der Waals surface area contributed by atoms with Crippen molar-refractivity contribution in [1.82, 2.24) is 0 Å². The van der Waals surface area contributed by atoms with Gasteiger partial charge in [-0.15, -0.1) is 5.10 Å². The van der Waals surface area contributed by atoms with Crippen LogP contribution < -0.4 is 5.55 Å². The largest absolute Gasteiger partial charge is 0.460 e. The molecule has 2 heterocycles. The molecule has 0 aliphatic carbocycles. The average Bonchev–Trinajstić information content (AvgIpc) is 3.15. The lowest BCUT2D eigenvalue weighted by Crippen LogP contribution is -2.02. The molecule has 0 saturated carbocycles. The Morgan fingerprint density at radius 3 is 2.00 bits per heavy atom. The molecule has 4 heteroatoms. The first-order valence-corrected chi connectivity index (χ1v) is 10.7. The van der Waals surface area contributed by atoms with E-state index in [1.54, 1.807) is 0 Å². The minimum Gasteiger partial charge on any atom is -0.460 e. The van der Waals surface area contributed by atoms with Crippen LogP contribution in [0.25, 0.3) is 44.2 Å². The van der Waals surface area contributed by atoms with Crippen molar-refractivity contribution >= 4 is 27.7 Å². The zero-order chi connectivity index (χ0) is 22.2. The maximum Gasteiger partial charge on any atom is 0.239 e. The van der Waals surface area contributed by atoms with Gasteiger partial charge in [0.05, 0.1) is 0 Å². The quantitative estimate of drug-likeness (QED) is 0.225. The zero-order valence-corrected chi connectivity index (χ0v) is 18.6. The Hall–Kier alpha value is -3.92. The number of benzene rings is 3. The minimum absolute atomic E-state index is 0.464. The third-order valence-electron chi connectivity index (χ3n) is 5.60. The van der Waals surface area contributed by atoms with Gasteiger partial charge in [-0.25, -0.2) is 0 Å². The highest BCUT2D eigenvalue weighted by Crippen LogP contribution is 2.40. The van der Waals surface area contributed by atoms with Crippen molar-refractivity contribution in [2.24, 2.45) is 10.2 Å². The van der Waals surface area contributed by atoms with E-state index in [-0.39, 0.29) is 0 Å². The number of furan rings is 1. The maximum absolute atomic E-state index is 6.26. The summed E-state index contributed by atoms with van der Waals surface area (Å²) in [6.07, 6.45) is 0. The summed E-state index contributed by atoms with van der Waals surface area (Å²) in [6, 6.07) is 24.8. The Morgan fingerprint density at radius 1 is 0.719 bits per heavy atom. The molecule has 4 nitrogen and oxygen atoms in total. The fourth-order valence-corrected chi connectivity index (χ4v) is 4.18. The van der Waals surface area contributed by atoms with Gasteiger partial charge in [0, 0.05) is 33.7 Å². The van der Waals surface area contributed by atoms with E-state index in [0.717, 1.165) is 61.2 Å². The third kappa shape index (κ3) is 3.44. The van der Waals surface area contributed by atoms with E-state index in [1.165, 1.54) is 0 Å². The lowest BCUT2D eigenvalue weighted by molar-refractivity contribution is 0.533. The van der Waals surface area contributed by atoms with Crippen LogP contribution in [0.1, 0.15) is 25.2 Å². The van der Waals surface area contributed by atoms with Gasteiger partial charge in [0.1, 0.15) is 16.9 Å². The summed E-state index contributed by atoms with van der Waals surface area (Å²) >= 11 is 0. The Kier molecular flexibility index (Phi) is 4.98. The molecule has 0 saturated heterocycles. The van der Waals surface area contributed by atoms with E-state index in [4.69, 9.17) is 8.83 Å². The Balaban J connectivity index is 1.92. The molecule has 0 fully saturated rings. The van der Waals surface area contributed by atoms with Crippen molar-refractivity contribution in [2.75, 3.05) is 0 Å². The number of hydrogen-bond donors (Lipinski definition) is 0. The number of fused-ring (bicyclic) bond motifs is 2. The SMILES string of the molecule is CC(C)=N/N=c1/cc(-c2ccccc2)c2cc3c(-c4ccccc4)c(C)oc3c(C)c2o1. The van der Waals surface area contributed by atoms with Crippen LogP contribution in [0.5, 0.6) is 0 Å². The van der Waals surface area contributed by atoms with Crippen LogP contribution >= 0.6 is 0 Å². The monoisotopic (exact) mass is 420 g/mol. The first kappa shape index (κ1) is 20.0. The normalized spacial score (nSPS) is 11.9. The molecule has 0 amide bonds. The van der Waals surface area contributed by atoms with Crippen molar-refractivity contribution in [1.29, 1.82) is 0 Å². The van der Waals surface area contributed by atoms with Crippen LogP contribution in [0.3, 0.4) is 0 Å². The molecule has 0 spiro atoms. The molecule has 158 valence electrons. The number of hydrogen-bond acceptors (Lipinski definition) is 4. The van der Waals surface area contributed by atoms with Crippen molar-refractivity contribution in [3.05, 3.63) is 89.7 Å². The highest BCUT2D eigenvalue weighted by Gasteiger charge is 2.19. The fraction of sp³-hybridized carbons (Fsp3) is 0.143. The van der Waals surface area contributed by atoms with Gasteiger partial charge in [0.2, 0.25) is 5.55 Å². The first-order chi connectivity index (χ1) is 15.5. The number of aryl methyl sites for hydroxylation is 2. The van der Waals surface area contributed by atoms with Crippen molar-refractivity contribution < 1.29 is 8.83 Å². The zero-order valence-electron chi connectivity index (χ0n) is 18.6. The molecule has 0 atom stereocenters. The summed E-state index contributed by atoms with van der Waals surface area (Å²) in [7, 11) is 0. The maximum atomic E-state index is 6.26. The second-order valence-electron chi connectivity index (χ2n) is 8.17.